The molecule has 0 fully saturated rings. The van der Waals surface area contributed by atoms with E-state index in [-0.39, 0.29) is 13.5 Å². The van der Waals surface area contributed by atoms with Gasteiger partial charge in [0.05, 0.1) is 0 Å². The third-order valence-electron chi connectivity index (χ3n) is 1.21. The second-order valence-electron chi connectivity index (χ2n) is 2.06. The molecule has 0 aliphatic rings. The molecule has 8 heavy (non-hydrogen) atoms. The van der Waals surface area contributed by atoms with E-state index in [2.05, 4.69) is 13.8 Å². The number of hydrogen-bond donors (Lipinski definition) is 0. The van der Waals surface area contributed by atoms with Crippen LogP contribution < -0.4 is 0 Å². The molecule has 0 amide bonds. The molecule has 0 radical (unpaired) electrons. The van der Waals surface area contributed by atoms with Crippen molar-refractivity contribution in [3.63, 3.8) is 0 Å². The van der Waals surface area contributed by atoms with Gasteiger partial charge in [-0.2, -0.15) is 13.5 Å². The van der Waals surface area contributed by atoms with Gasteiger partial charge in [-0.05, 0) is 0 Å². The van der Waals surface area contributed by atoms with Gasteiger partial charge in [0.15, 0.2) is 0 Å². The molecule has 0 saturated heterocycles. The quantitative estimate of drug-likeness (QED) is 0.518. The van der Waals surface area contributed by atoms with Gasteiger partial charge in [0.25, 0.3) is 0 Å². The molecule has 0 saturated carbocycles. The van der Waals surface area contributed by atoms with Crippen molar-refractivity contribution in [1.82, 2.24) is 0 Å². The van der Waals surface area contributed by atoms with Crippen molar-refractivity contribution in [2.75, 3.05) is 0 Å². The van der Waals surface area contributed by atoms with Crippen molar-refractivity contribution in [3.05, 3.63) is 0 Å². The highest BCUT2D eigenvalue weighted by molar-refractivity contribution is 7.59. The molecule has 0 atom stereocenters. The molecular weight excluding hydrogens is 116 g/mol. The molecule has 52 valence electrons. The number of unbranched alkanes of at least 4 members (excludes halogenated alkanes) is 4. The molecule has 0 aromatic heterocycles. The second kappa shape index (κ2) is 10.4. The Labute approximate surface area is 60.1 Å². The summed E-state index contributed by atoms with van der Waals surface area (Å²) in [5, 5.41) is 0. The minimum absolute atomic E-state index is 0. The lowest BCUT2D eigenvalue weighted by Gasteiger charge is -1.90. The van der Waals surface area contributed by atoms with Gasteiger partial charge >= 0.3 is 0 Å². The molecule has 0 nitrogen and oxygen atoms in total. The van der Waals surface area contributed by atoms with Gasteiger partial charge < -0.3 is 0 Å². The summed E-state index contributed by atoms with van der Waals surface area (Å²) in [6, 6.07) is 0. The van der Waals surface area contributed by atoms with E-state index < -0.39 is 0 Å². The summed E-state index contributed by atoms with van der Waals surface area (Å²) < 4.78 is 0. The van der Waals surface area contributed by atoms with Gasteiger partial charge in [0, 0.05) is 0 Å². The Hall–Kier alpha value is 0.350. The summed E-state index contributed by atoms with van der Waals surface area (Å²) in [5.74, 6) is 0. The highest BCUT2D eigenvalue weighted by atomic mass is 32.1. The minimum Gasteiger partial charge on any atom is -0.197 e. The van der Waals surface area contributed by atoms with E-state index >= 15 is 0 Å². The lowest BCUT2D eigenvalue weighted by atomic mass is 10.2. The van der Waals surface area contributed by atoms with Crippen molar-refractivity contribution < 1.29 is 0 Å². The molecule has 0 aromatic carbocycles. The van der Waals surface area contributed by atoms with E-state index in [1.165, 1.54) is 32.1 Å². The first-order valence-electron chi connectivity index (χ1n) is 3.41. The second-order valence-corrected chi connectivity index (χ2v) is 2.06. The van der Waals surface area contributed by atoms with Crippen LogP contribution in [0.2, 0.25) is 0 Å². The molecule has 0 aliphatic heterocycles. The van der Waals surface area contributed by atoms with Crippen LogP contribution in [0.15, 0.2) is 0 Å². The van der Waals surface area contributed by atoms with Crippen LogP contribution in [0.5, 0.6) is 0 Å². The van der Waals surface area contributed by atoms with Crippen LogP contribution in [0.3, 0.4) is 0 Å². The van der Waals surface area contributed by atoms with Crippen LogP contribution in [0.25, 0.3) is 0 Å². The van der Waals surface area contributed by atoms with Gasteiger partial charge in [-0.15, -0.1) is 0 Å². The molecule has 0 rings (SSSR count). The zero-order valence-electron chi connectivity index (χ0n) is 6.04. The highest BCUT2D eigenvalue weighted by Crippen LogP contribution is 2.00. The van der Waals surface area contributed by atoms with Gasteiger partial charge in [-0.25, -0.2) is 0 Å². The lowest BCUT2D eigenvalue weighted by Crippen LogP contribution is -1.70. The summed E-state index contributed by atoms with van der Waals surface area (Å²) in [6.07, 6.45) is 7.01. The van der Waals surface area contributed by atoms with Crippen molar-refractivity contribution in [1.29, 1.82) is 0 Å². The minimum atomic E-state index is 0. The molecule has 0 aromatic rings. The van der Waals surface area contributed by atoms with Crippen LogP contribution in [0, 0.1) is 0 Å². The molecule has 1 heteroatoms. The Kier molecular flexibility index (Phi) is 14.5. The van der Waals surface area contributed by atoms with Crippen LogP contribution >= 0.6 is 13.5 Å². The van der Waals surface area contributed by atoms with Gasteiger partial charge in [0.2, 0.25) is 0 Å². The Morgan fingerprint density at radius 2 is 1.12 bits per heavy atom. The Morgan fingerprint density at radius 3 is 1.38 bits per heavy atom. The summed E-state index contributed by atoms with van der Waals surface area (Å²) in [6.45, 7) is 4.49. The fourth-order valence-corrected chi connectivity index (χ4v) is 0.677. The largest absolute Gasteiger partial charge is 0.197 e. The van der Waals surface area contributed by atoms with Crippen molar-refractivity contribution >= 4 is 13.5 Å². The highest BCUT2D eigenvalue weighted by Gasteiger charge is 1.80. The maximum absolute atomic E-state index is 2.25. The van der Waals surface area contributed by atoms with Gasteiger partial charge in [-0.1, -0.05) is 46.0 Å². The first-order chi connectivity index (χ1) is 3.41. The van der Waals surface area contributed by atoms with E-state index in [1.54, 1.807) is 0 Å². The molecule has 0 heterocycles. The fourth-order valence-electron chi connectivity index (χ4n) is 0.677. The Bertz CT molecular complexity index is 23.6. The number of rotatable bonds is 4. The zero-order valence-corrected chi connectivity index (χ0v) is 7.04. The Morgan fingerprint density at radius 1 is 0.750 bits per heavy atom. The predicted octanol–water partition coefficient (Wildman–Crippen LogP) is 3.09. The molecule has 0 bridgehead atoms. The van der Waals surface area contributed by atoms with E-state index in [4.69, 9.17) is 0 Å². The first kappa shape index (κ1) is 11.2. The van der Waals surface area contributed by atoms with E-state index in [9.17, 15) is 0 Å². The van der Waals surface area contributed by atoms with Crippen molar-refractivity contribution in [2.45, 2.75) is 46.0 Å². The van der Waals surface area contributed by atoms with Crippen LogP contribution in [-0.4, -0.2) is 0 Å². The van der Waals surface area contributed by atoms with Crippen LogP contribution in [0.4, 0.5) is 0 Å². The summed E-state index contributed by atoms with van der Waals surface area (Å²) >= 11 is 0. The third kappa shape index (κ3) is 9.61. The third-order valence-corrected chi connectivity index (χ3v) is 1.21. The van der Waals surface area contributed by atoms with Crippen molar-refractivity contribution in [3.8, 4) is 0 Å². The van der Waals surface area contributed by atoms with Crippen molar-refractivity contribution in [2.24, 2.45) is 0 Å². The maximum atomic E-state index is 2.25. The molecule has 0 aliphatic carbocycles. The summed E-state index contributed by atoms with van der Waals surface area (Å²) in [5.41, 5.74) is 0. The summed E-state index contributed by atoms with van der Waals surface area (Å²) in [7, 11) is 0. The predicted molar refractivity (Wildman–Crippen MR) is 44.8 cm³/mol. The van der Waals surface area contributed by atoms with E-state index in [0.717, 1.165) is 0 Å². The van der Waals surface area contributed by atoms with Gasteiger partial charge in [-0.3, -0.25) is 0 Å². The molecule has 0 N–H and O–H groups in total. The topological polar surface area (TPSA) is 0 Å². The SMILES string of the molecule is CCCCCCC.S. The molecule has 0 spiro atoms. The maximum Gasteiger partial charge on any atom is -0.0533 e. The summed E-state index contributed by atoms with van der Waals surface area (Å²) in [4.78, 5) is 0. The Balaban J connectivity index is 0. The zero-order chi connectivity index (χ0) is 5.54. The average Bonchev–Trinajstić information content (AvgIpc) is 1.69. The standard InChI is InChI=1S/C7H16.H2S/c1-3-5-7-6-4-2;/h3-7H2,1-2H3;1H2. The monoisotopic (exact) mass is 134 g/mol. The molecular formula is C7H18S. The normalized spacial score (nSPS) is 8.25. The van der Waals surface area contributed by atoms with E-state index in [1.807, 2.05) is 0 Å². The van der Waals surface area contributed by atoms with Gasteiger partial charge in [0.1, 0.15) is 0 Å². The van der Waals surface area contributed by atoms with E-state index in [0.29, 0.717) is 0 Å². The smallest absolute Gasteiger partial charge is 0.0533 e. The molecule has 0 unspecified atom stereocenters. The average molecular weight is 134 g/mol. The lowest BCUT2D eigenvalue weighted by molar-refractivity contribution is 0.656. The number of hydrogen-bond acceptors (Lipinski definition) is 0. The fraction of sp³-hybridized carbons (Fsp3) is 1.00. The van der Waals surface area contributed by atoms with Crippen LogP contribution in [-0.2, 0) is 0 Å². The first-order valence-corrected chi connectivity index (χ1v) is 3.41. The van der Waals surface area contributed by atoms with Crippen LogP contribution in [0.1, 0.15) is 46.0 Å².